The maximum absolute atomic E-state index is 11.1. The van der Waals surface area contributed by atoms with Crippen molar-refractivity contribution >= 4 is 25.8 Å². The molecule has 0 N–H and O–H groups in total. The van der Waals surface area contributed by atoms with Crippen LogP contribution in [0.4, 0.5) is 0 Å². The average molecular weight is 255 g/mol. The summed E-state index contributed by atoms with van der Waals surface area (Å²) in [6, 6.07) is 0. The Bertz CT molecular complexity index is 221. The highest BCUT2D eigenvalue weighted by atomic mass is 79.9. The molecule has 1 heterocycles. The molecule has 0 aromatic heterocycles. The van der Waals surface area contributed by atoms with E-state index in [-0.39, 0.29) is 0 Å². The van der Waals surface area contributed by atoms with Crippen LogP contribution in [-0.2, 0) is 9.84 Å². The summed E-state index contributed by atoms with van der Waals surface area (Å²) >= 11 is 3.58. The zero-order chi connectivity index (χ0) is 9.19. The summed E-state index contributed by atoms with van der Waals surface area (Å²) in [5.74, 6) is 1.35. The monoisotopic (exact) mass is 254 g/mol. The third-order valence-electron chi connectivity index (χ3n) is 2.50. The number of hydrogen-bond donors (Lipinski definition) is 0. The third kappa shape index (κ3) is 2.73. The molecular weight excluding hydrogens is 240 g/mol. The lowest BCUT2D eigenvalue weighted by Gasteiger charge is -2.25. The predicted molar refractivity (Wildman–Crippen MR) is 54.4 cm³/mol. The van der Waals surface area contributed by atoms with Crippen LogP contribution in [0.2, 0.25) is 0 Å². The summed E-state index contributed by atoms with van der Waals surface area (Å²) in [5.41, 5.74) is 0. The van der Waals surface area contributed by atoms with Crippen LogP contribution in [-0.4, -0.2) is 24.8 Å². The smallest absolute Gasteiger partial charge is 0.150 e. The molecule has 0 aromatic carbocycles. The van der Waals surface area contributed by atoms with Crippen LogP contribution in [0, 0.1) is 5.92 Å². The third-order valence-corrected chi connectivity index (χ3v) is 5.61. The van der Waals surface area contributed by atoms with Gasteiger partial charge in [0.05, 0.1) is 11.5 Å². The average Bonchev–Trinajstić information content (AvgIpc) is 2.03. The van der Waals surface area contributed by atoms with E-state index in [2.05, 4.69) is 22.9 Å². The van der Waals surface area contributed by atoms with Crippen molar-refractivity contribution in [2.75, 3.05) is 11.5 Å². The second-order valence-electron chi connectivity index (χ2n) is 3.41. The summed E-state index contributed by atoms with van der Waals surface area (Å²) in [6.07, 6.45) is 2.77. The van der Waals surface area contributed by atoms with E-state index in [0.29, 0.717) is 22.3 Å². The van der Waals surface area contributed by atoms with E-state index in [1.54, 1.807) is 0 Å². The molecule has 2 nitrogen and oxygen atoms in total. The molecule has 1 aliphatic rings. The lowest BCUT2D eigenvalue weighted by molar-refractivity contribution is 0.447. The molecule has 0 radical (unpaired) electrons. The van der Waals surface area contributed by atoms with Crippen molar-refractivity contribution in [3.63, 3.8) is 0 Å². The molecule has 1 aliphatic heterocycles. The minimum Gasteiger partial charge on any atom is -0.229 e. The van der Waals surface area contributed by atoms with E-state index in [1.807, 2.05) is 0 Å². The number of hydrogen-bond acceptors (Lipinski definition) is 2. The van der Waals surface area contributed by atoms with Crippen molar-refractivity contribution in [3.05, 3.63) is 0 Å². The standard InChI is InChI=1S/C8H15BrO2S/c1-2-8(9)7-3-5-12(10,11)6-4-7/h7-8H,2-6H2,1H3. The molecule has 0 saturated carbocycles. The van der Waals surface area contributed by atoms with Crippen LogP contribution >= 0.6 is 15.9 Å². The quantitative estimate of drug-likeness (QED) is 0.707. The van der Waals surface area contributed by atoms with Crippen molar-refractivity contribution in [1.82, 2.24) is 0 Å². The van der Waals surface area contributed by atoms with E-state index in [1.165, 1.54) is 0 Å². The van der Waals surface area contributed by atoms with Crippen molar-refractivity contribution in [1.29, 1.82) is 0 Å². The second-order valence-corrected chi connectivity index (χ2v) is 6.89. The van der Waals surface area contributed by atoms with Crippen LogP contribution in [0.5, 0.6) is 0 Å². The zero-order valence-corrected chi connectivity index (χ0v) is 9.70. The minimum absolute atomic E-state index is 0.389. The maximum atomic E-state index is 11.1. The molecule has 1 atom stereocenters. The van der Waals surface area contributed by atoms with Gasteiger partial charge in [-0.05, 0) is 25.2 Å². The topological polar surface area (TPSA) is 34.1 Å². The molecule has 12 heavy (non-hydrogen) atoms. The summed E-state index contributed by atoms with van der Waals surface area (Å²) < 4.78 is 22.2. The molecule has 72 valence electrons. The lowest BCUT2D eigenvalue weighted by atomic mass is 9.97. The summed E-state index contributed by atoms with van der Waals surface area (Å²) in [7, 11) is -2.68. The van der Waals surface area contributed by atoms with E-state index in [0.717, 1.165) is 19.3 Å². The zero-order valence-electron chi connectivity index (χ0n) is 7.29. The Balaban J connectivity index is 2.46. The van der Waals surface area contributed by atoms with E-state index in [4.69, 9.17) is 0 Å². The largest absolute Gasteiger partial charge is 0.229 e. The molecule has 1 saturated heterocycles. The van der Waals surface area contributed by atoms with Crippen LogP contribution < -0.4 is 0 Å². The Morgan fingerprint density at radius 1 is 1.42 bits per heavy atom. The molecule has 0 spiro atoms. The van der Waals surface area contributed by atoms with Crippen LogP contribution in [0.3, 0.4) is 0 Å². The van der Waals surface area contributed by atoms with Crippen molar-refractivity contribution < 1.29 is 8.42 Å². The molecule has 1 fully saturated rings. The van der Waals surface area contributed by atoms with E-state index >= 15 is 0 Å². The molecule has 1 unspecified atom stereocenters. The Labute approximate surface area is 82.8 Å². The van der Waals surface area contributed by atoms with Gasteiger partial charge in [-0.2, -0.15) is 0 Å². The fourth-order valence-electron chi connectivity index (χ4n) is 1.60. The predicted octanol–water partition coefficient (Wildman–Crippen LogP) is 1.98. The van der Waals surface area contributed by atoms with Gasteiger partial charge in [0.15, 0.2) is 0 Å². The Hall–Kier alpha value is 0.430. The first-order valence-electron chi connectivity index (χ1n) is 4.39. The van der Waals surface area contributed by atoms with Gasteiger partial charge in [-0.3, -0.25) is 0 Å². The summed E-state index contributed by atoms with van der Waals surface area (Å²) in [4.78, 5) is 0.507. The normalized spacial score (nSPS) is 26.8. The molecule has 1 rings (SSSR count). The van der Waals surface area contributed by atoms with Crippen molar-refractivity contribution in [3.8, 4) is 0 Å². The van der Waals surface area contributed by atoms with Gasteiger partial charge in [-0.1, -0.05) is 22.9 Å². The molecule has 0 bridgehead atoms. The van der Waals surface area contributed by atoms with E-state index in [9.17, 15) is 8.42 Å². The second kappa shape index (κ2) is 4.09. The highest BCUT2D eigenvalue weighted by Gasteiger charge is 2.27. The first-order valence-corrected chi connectivity index (χ1v) is 7.13. The van der Waals surface area contributed by atoms with Gasteiger partial charge < -0.3 is 0 Å². The molecular formula is C8H15BrO2S. The van der Waals surface area contributed by atoms with Crippen molar-refractivity contribution in [2.45, 2.75) is 31.0 Å². The number of rotatable bonds is 2. The molecule has 0 amide bonds. The van der Waals surface area contributed by atoms with Gasteiger partial charge >= 0.3 is 0 Å². The van der Waals surface area contributed by atoms with Crippen LogP contribution in [0.15, 0.2) is 0 Å². The van der Waals surface area contributed by atoms with Gasteiger partial charge in [0.25, 0.3) is 0 Å². The minimum atomic E-state index is -2.68. The van der Waals surface area contributed by atoms with Crippen LogP contribution in [0.25, 0.3) is 0 Å². The Morgan fingerprint density at radius 2 is 1.92 bits per heavy atom. The summed E-state index contributed by atoms with van der Waals surface area (Å²) in [6.45, 7) is 2.13. The summed E-state index contributed by atoms with van der Waals surface area (Å²) in [5, 5.41) is 0. The van der Waals surface area contributed by atoms with E-state index < -0.39 is 9.84 Å². The highest BCUT2D eigenvalue weighted by Crippen LogP contribution is 2.28. The van der Waals surface area contributed by atoms with Gasteiger partial charge in [0.2, 0.25) is 0 Å². The van der Waals surface area contributed by atoms with Crippen molar-refractivity contribution in [2.24, 2.45) is 5.92 Å². The van der Waals surface area contributed by atoms with Crippen LogP contribution in [0.1, 0.15) is 26.2 Å². The first-order chi connectivity index (χ1) is 5.55. The number of sulfone groups is 1. The number of halogens is 1. The fourth-order valence-corrected chi connectivity index (χ4v) is 3.66. The molecule has 0 aliphatic carbocycles. The SMILES string of the molecule is CCC(Br)C1CCS(=O)(=O)CC1. The maximum Gasteiger partial charge on any atom is 0.150 e. The number of alkyl halides is 1. The lowest BCUT2D eigenvalue weighted by Crippen LogP contribution is -2.28. The van der Waals surface area contributed by atoms with Gasteiger partial charge in [-0.15, -0.1) is 0 Å². The van der Waals surface area contributed by atoms with Gasteiger partial charge in [-0.25, -0.2) is 8.42 Å². The highest BCUT2D eigenvalue weighted by molar-refractivity contribution is 9.09. The fraction of sp³-hybridized carbons (Fsp3) is 1.00. The molecule has 0 aromatic rings. The van der Waals surface area contributed by atoms with Gasteiger partial charge in [0.1, 0.15) is 9.84 Å². The molecule has 4 heteroatoms. The Kier molecular flexibility index (Phi) is 3.58. The Morgan fingerprint density at radius 3 is 2.33 bits per heavy atom. The van der Waals surface area contributed by atoms with Gasteiger partial charge in [0, 0.05) is 4.83 Å². The first kappa shape index (κ1) is 10.5.